The van der Waals surface area contributed by atoms with Gasteiger partial charge < -0.3 is 19.7 Å². The third kappa shape index (κ3) is 4.74. The second-order valence-electron chi connectivity index (χ2n) is 6.31. The molecule has 2 atom stereocenters. The highest BCUT2D eigenvalue weighted by molar-refractivity contribution is 5.92. The van der Waals surface area contributed by atoms with Crippen LogP contribution in [0.25, 0.3) is 0 Å². The van der Waals surface area contributed by atoms with Crippen molar-refractivity contribution in [2.24, 2.45) is 0 Å². The SMILES string of the molecule is CC[C@@H](C)c1ccccc1OCC(=O)N1CCNC(=O)[C@@H]1CC(=O)OC. The largest absolute Gasteiger partial charge is 0.483 e. The molecule has 2 rings (SSSR count). The lowest BCUT2D eigenvalue weighted by Gasteiger charge is -2.34. The number of carbonyl (C=O) groups excluding carboxylic acids is 3. The Morgan fingerprint density at radius 2 is 2.08 bits per heavy atom. The maximum absolute atomic E-state index is 12.6. The Bertz CT molecular complexity index is 661. The van der Waals surface area contributed by atoms with E-state index in [1.165, 1.54) is 12.0 Å². The zero-order chi connectivity index (χ0) is 19.1. The Morgan fingerprint density at radius 3 is 2.77 bits per heavy atom. The van der Waals surface area contributed by atoms with Crippen molar-refractivity contribution >= 4 is 17.8 Å². The van der Waals surface area contributed by atoms with E-state index in [0.717, 1.165) is 12.0 Å². The fourth-order valence-corrected chi connectivity index (χ4v) is 2.92. The Kier molecular flexibility index (Phi) is 7.00. The molecule has 1 aromatic rings. The maximum Gasteiger partial charge on any atom is 0.308 e. The van der Waals surface area contributed by atoms with E-state index in [4.69, 9.17) is 4.74 Å². The number of nitrogens with zero attached hydrogens (tertiary/aromatic N) is 1. The molecule has 1 aliphatic rings. The molecule has 1 fully saturated rings. The van der Waals surface area contributed by atoms with Gasteiger partial charge in [0.15, 0.2) is 6.61 Å². The van der Waals surface area contributed by atoms with Gasteiger partial charge in [0.05, 0.1) is 13.5 Å². The summed E-state index contributed by atoms with van der Waals surface area (Å²) in [6, 6.07) is 6.76. The molecule has 1 saturated heterocycles. The van der Waals surface area contributed by atoms with Crippen LogP contribution in [0.5, 0.6) is 5.75 Å². The number of carbonyl (C=O) groups is 3. The highest BCUT2D eigenvalue weighted by Gasteiger charge is 2.35. The molecule has 0 spiro atoms. The first-order chi connectivity index (χ1) is 12.5. The molecule has 0 radical (unpaired) electrons. The number of piperazine rings is 1. The number of nitrogens with one attached hydrogen (secondary N) is 1. The summed E-state index contributed by atoms with van der Waals surface area (Å²) in [5.41, 5.74) is 1.05. The number of ether oxygens (including phenoxy) is 2. The molecule has 7 nitrogen and oxygen atoms in total. The molecule has 0 saturated carbocycles. The second kappa shape index (κ2) is 9.22. The van der Waals surface area contributed by atoms with Gasteiger partial charge in [0.2, 0.25) is 5.91 Å². The van der Waals surface area contributed by atoms with Crippen LogP contribution < -0.4 is 10.1 Å². The quantitative estimate of drug-likeness (QED) is 0.743. The van der Waals surface area contributed by atoms with E-state index >= 15 is 0 Å². The first-order valence-corrected chi connectivity index (χ1v) is 8.83. The molecular formula is C19H26N2O5. The van der Waals surface area contributed by atoms with Crippen molar-refractivity contribution in [1.29, 1.82) is 0 Å². The van der Waals surface area contributed by atoms with Crippen molar-refractivity contribution in [3.05, 3.63) is 29.8 Å². The van der Waals surface area contributed by atoms with E-state index in [-0.39, 0.29) is 24.8 Å². The monoisotopic (exact) mass is 362 g/mol. The minimum Gasteiger partial charge on any atom is -0.483 e. The lowest BCUT2D eigenvalue weighted by atomic mass is 9.98. The van der Waals surface area contributed by atoms with Gasteiger partial charge in [0, 0.05) is 13.1 Å². The van der Waals surface area contributed by atoms with Gasteiger partial charge in [-0.15, -0.1) is 0 Å². The number of hydrogen-bond donors (Lipinski definition) is 1. The van der Waals surface area contributed by atoms with Crippen LogP contribution in [0.4, 0.5) is 0 Å². The summed E-state index contributed by atoms with van der Waals surface area (Å²) in [7, 11) is 1.25. The summed E-state index contributed by atoms with van der Waals surface area (Å²) in [5, 5.41) is 2.67. The van der Waals surface area contributed by atoms with E-state index in [2.05, 4.69) is 23.9 Å². The minimum atomic E-state index is -0.864. The fourth-order valence-electron chi connectivity index (χ4n) is 2.92. The highest BCUT2D eigenvalue weighted by atomic mass is 16.5. The van der Waals surface area contributed by atoms with Crippen LogP contribution in [-0.4, -0.2) is 55.5 Å². The van der Waals surface area contributed by atoms with E-state index in [9.17, 15) is 14.4 Å². The van der Waals surface area contributed by atoms with Crippen LogP contribution in [0.3, 0.4) is 0 Å². The number of para-hydroxylation sites is 1. The molecule has 142 valence electrons. The first-order valence-electron chi connectivity index (χ1n) is 8.83. The van der Waals surface area contributed by atoms with Crippen molar-refractivity contribution in [3.63, 3.8) is 0 Å². The van der Waals surface area contributed by atoms with Crippen molar-refractivity contribution in [2.75, 3.05) is 26.8 Å². The highest BCUT2D eigenvalue weighted by Crippen LogP contribution is 2.28. The van der Waals surface area contributed by atoms with Gasteiger partial charge in [-0.2, -0.15) is 0 Å². The number of benzene rings is 1. The number of hydrogen-bond acceptors (Lipinski definition) is 5. The topological polar surface area (TPSA) is 84.9 Å². The van der Waals surface area contributed by atoms with E-state index < -0.39 is 12.0 Å². The van der Waals surface area contributed by atoms with Gasteiger partial charge in [0.1, 0.15) is 11.8 Å². The molecule has 0 unspecified atom stereocenters. The third-order valence-electron chi connectivity index (χ3n) is 4.65. The molecule has 0 aliphatic carbocycles. The molecule has 1 aliphatic heterocycles. The lowest BCUT2D eigenvalue weighted by molar-refractivity contribution is -0.151. The molecule has 1 heterocycles. The number of methoxy groups -OCH3 is 1. The van der Waals surface area contributed by atoms with Crippen molar-refractivity contribution in [1.82, 2.24) is 10.2 Å². The molecule has 26 heavy (non-hydrogen) atoms. The molecule has 7 heteroatoms. The van der Waals surface area contributed by atoms with Crippen LogP contribution in [0.1, 0.15) is 38.2 Å². The van der Waals surface area contributed by atoms with Gasteiger partial charge in [-0.05, 0) is 24.0 Å². The minimum absolute atomic E-state index is 0.169. The van der Waals surface area contributed by atoms with E-state index in [1.54, 1.807) is 0 Å². The van der Waals surface area contributed by atoms with Gasteiger partial charge in [-0.25, -0.2) is 0 Å². The number of esters is 1. The van der Waals surface area contributed by atoms with Crippen LogP contribution in [0, 0.1) is 0 Å². The van der Waals surface area contributed by atoms with Crippen LogP contribution in [0.15, 0.2) is 24.3 Å². The molecule has 1 N–H and O–H groups in total. The second-order valence-corrected chi connectivity index (χ2v) is 6.31. The zero-order valence-electron chi connectivity index (χ0n) is 15.5. The Hall–Kier alpha value is -2.57. The molecule has 1 aromatic carbocycles. The maximum atomic E-state index is 12.6. The third-order valence-corrected chi connectivity index (χ3v) is 4.65. The van der Waals surface area contributed by atoms with Crippen molar-refractivity contribution < 1.29 is 23.9 Å². The summed E-state index contributed by atoms with van der Waals surface area (Å²) in [6.07, 6.45) is 0.791. The smallest absolute Gasteiger partial charge is 0.308 e. The Labute approximate surface area is 153 Å². The normalized spacial score (nSPS) is 18.0. The summed E-state index contributed by atoms with van der Waals surface area (Å²) in [4.78, 5) is 37.6. The standard InChI is InChI=1S/C19H26N2O5/c1-4-13(2)14-7-5-6-8-16(14)26-12-17(22)21-10-9-20-19(24)15(21)11-18(23)25-3/h5-8,13,15H,4,9-12H2,1-3H3,(H,20,24)/t13-,15+/m1/s1. The molecule has 2 amide bonds. The lowest BCUT2D eigenvalue weighted by Crippen LogP contribution is -2.58. The summed E-state index contributed by atoms with van der Waals surface area (Å²) < 4.78 is 10.4. The molecule has 0 bridgehead atoms. The average molecular weight is 362 g/mol. The summed E-state index contributed by atoms with van der Waals surface area (Å²) in [5.74, 6) is -0.231. The van der Waals surface area contributed by atoms with E-state index in [1.807, 2.05) is 24.3 Å². The van der Waals surface area contributed by atoms with E-state index in [0.29, 0.717) is 24.8 Å². The van der Waals surface area contributed by atoms with Crippen molar-refractivity contribution in [3.8, 4) is 5.75 Å². The van der Waals surface area contributed by atoms with Crippen LogP contribution >= 0.6 is 0 Å². The molecule has 0 aromatic heterocycles. The summed E-state index contributed by atoms with van der Waals surface area (Å²) in [6.45, 7) is 4.70. The average Bonchev–Trinajstić information content (AvgIpc) is 2.67. The van der Waals surface area contributed by atoms with Crippen LogP contribution in [0.2, 0.25) is 0 Å². The predicted molar refractivity (Wildman–Crippen MR) is 95.8 cm³/mol. The molecular weight excluding hydrogens is 336 g/mol. The number of rotatable bonds is 7. The summed E-state index contributed by atoms with van der Waals surface area (Å²) >= 11 is 0. The fraction of sp³-hybridized carbons (Fsp3) is 0.526. The number of amides is 2. The van der Waals surface area contributed by atoms with Crippen molar-refractivity contribution in [2.45, 2.75) is 38.6 Å². The van der Waals surface area contributed by atoms with Gasteiger partial charge in [0.25, 0.3) is 5.91 Å². The Morgan fingerprint density at radius 1 is 1.35 bits per heavy atom. The predicted octanol–water partition coefficient (Wildman–Crippen LogP) is 1.47. The zero-order valence-corrected chi connectivity index (χ0v) is 15.5. The Balaban J connectivity index is 2.06. The van der Waals surface area contributed by atoms with Gasteiger partial charge >= 0.3 is 5.97 Å². The van der Waals surface area contributed by atoms with Gasteiger partial charge in [-0.1, -0.05) is 32.0 Å². The van der Waals surface area contributed by atoms with Gasteiger partial charge in [-0.3, -0.25) is 14.4 Å². The van der Waals surface area contributed by atoms with Crippen LogP contribution in [-0.2, 0) is 19.1 Å². The first kappa shape index (κ1) is 19.8.